The molecule has 9 nitrogen and oxygen atoms in total. The second kappa shape index (κ2) is 65.8. The van der Waals surface area contributed by atoms with Crippen LogP contribution in [0.25, 0.3) is 0 Å². The van der Waals surface area contributed by atoms with Gasteiger partial charge in [0, 0.05) is 19.4 Å². The summed E-state index contributed by atoms with van der Waals surface area (Å²) < 4.78 is 33.0. The number of unbranched alkanes of at least 4 members (excludes halogenated alkanes) is 31. The summed E-state index contributed by atoms with van der Waals surface area (Å²) in [5.74, 6) is -0.894. The lowest BCUT2D eigenvalue weighted by Crippen LogP contribution is -2.29. The molecule has 0 saturated heterocycles. The summed E-state index contributed by atoms with van der Waals surface area (Å²) in [5.41, 5.74) is 5.39. The number of rotatable bonds is 62. The molecule has 3 N–H and O–H groups in total. The maximum absolute atomic E-state index is 12.7. The maximum Gasteiger partial charge on any atom is 0.472 e. The van der Waals surface area contributed by atoms with E-state index < -0.39 is 32.5 Å². The van der Waals surface area contributed by atoms with Crippen molar-refractivity contribution in [1.29, 1.82) is 0 Å². The Morgan fingerprint density at radius 2 is 0.691 bits per heavy atom. The summed E-state index contributed by atoms with van der Waals surface area (Å²) in [7, 11) is -4.41. The highest BCUT2D eigenvalue weighted by Crippen LogP contribution is 2.43. The number of carbonyl (C=O) groups excluding carboxylic acids is 2. The zero-order chi connectivity index (χ0) is 58.7. The minimum Gasteiger partial charge on any atom is -0.462 e. The number of allylic oxidation sites excluding steroid dienone is 18. The maximum atomic E-state index is 12.7. The van der Waals surface area contributed by atoms with E-state index in [1.54, 1.807) is 0 Å². The van der Waals surface area contributed by atoms with E-state index in [-0.39, 0.29) is 32.6 Å². The number of hydrogen-bond donors (Lipinski definition) is 2. The standard InChI is InChI=1S/C71H124NO8P/c1-3-5-7-9-11-13-15-17-19-21-23-25-27-28-29-30-31-32-33-34-35-36-37-38-39-40-42-43-45-47-49-51-53-55-57-59-61-63-70(73)77-67-69(68-79-81(75,76)78-66-65-72)80-71(74)64-62-60-58-56-54-52-50-48-46-44-41-26-24-22-20-18-16-14-12-10-8-6-4-2/h6,8,12,14-15,17-18,20-21,23-24,26,44,46,50,52,56,58,69H,3-5,7,9-11,13,16,19,22,25,27-43,45,47-49,51,53-55,57,59-68,72H2,1-2H3,(H,75,76)/b8-6-,14-12-,17-15-,20-18-,23-21-,26-24-,46-44-,52-50-,58-56-. The summed E-state index contributed by atoms with van der Waals surface area (Å²) in [4.78, 5) is 35.2. The first-order valence-electron chi connectivity index (χ1n) is 33.4. The lowest BCUT2D eigenvalue weighted by molar-refractivity contribution is -0.161. The first-order valence-corrected chi connectivity index (χ1v) is 34.9. The van der Waals surface area contributed by atoms with E-state index in [1.165, 1.54) is 186 Å². The topological polar surface area (TPSA) is 134 Å². The van der Waals surface area contributed by atoms with Crippen molar-refractivity contribution < 1.29 is 37.6 Å². The molecule has 0 aliphatic heterocycles. The number of esters is 2. The van der Waals surface area contributed by atoms with Crippen molar-refractivity contribution in [2.75, 3.05) is 26.4 Å². The van der Waals surface area contributed by atoms with Crippen LogP contribution in [-0.4, -0.2) is 49.3 Å². The third kappa shape index (κ3) is 65.7. The Labute approximate surface area is 499 Å². The molecular formula is C71H124NO8P. The fourth-order valence-corrected chi connectivity index (χ4v) is 10.0. The van der Waals surface area contributed by atoms with Crippen LogP contribution in [0.1, 0.15) is 296 Å². The van der Waals surface area contributed by atoms with Gasteiger partial charge >= 0.3 is 19.8 Å². The fraction of sp³-hybridized carbons (Fsp3) is 0.718. The van der Waals surface area contributed by atoms with Gasteiger partial charge in [-0.3, -0.25) is 18.6 Å². The monoisotopic (exact) mass is 1150 g/mol. The van der Waals surface area contributed by atoms with Crippen molar-refractivity contribution in [3.05, 3.63) is 109 Å². The lowest BCUT2D eigenvalue weighted by atomic mass is 10.0. The molecule has 2 unspecified atom stereocenters. The molecule has 0 rings (SSSR count). The van der Waals surface area contributed by atoms with E-state index in [0.29, 0.717) is 12.8 Å². The van der Waals surface area contributed by atoms with Crippen LogP contribution in [0, 0.1) is 0 Å². The van der Waals surface area contributed by atoms with E-state index in [1.807, 2.05) is 6.08 Å². The molecule has 81 heavy (non-hydrogen) atoms. The highest BCUT2D eigenvalue weighted by molar-refractivity contribution is 7.47. The predicted octanol–water partition coefficient (Wildman–Crippen LogP) is 21.7. The third-order valence-electron chi connectivity index (χ3n) is 14.1. The minimum absolute atomic E-state index is 0.0400. The first kappa shape index (κ1) is 77.7. The molecule has 2 atom stereocenters. The van der Waals surface area contributed by atoms with Gasteiger partial charge in [0.2, 0.25) is 0 Å². The van der Waals surface area contributed by atoms with E-state index in [0.717, 1.165) is 70.6 Å². The van der Waals surface area contributed by atoms with Gasteiger partial charge < -0.3 is 20.1 Å². The minimum atomic E-state index is -4.41. The first-order chi connectivity index (χ1) is 39.8. The zero-order valence-corrected chi connectivity index (χ0v) is 53.1. The van der Waals surface area contributed by atoms with Crippen molar-refractivity contribution in [3.63, 3.8) is 0 Å². The van der Waals surface area contributed by atoms with Crippen molar-refractivity contribution in [3.8, 4) is 0 Å². The highest BCUT2D eigenvalue weighted by atomic mass is 31.2. The predicted molar refractivity (Wildman–Crippen MR) is 348 cm³/mol. The molecule has 0 heterocycles. The summed E-state index contributed by atoms with van der Waals surface area (Å²) in [5, 5.41) is 0. The van der Waals surface area contributed by atoms with Crippen molar-refractivity contribution in [2.24, 2.45) is 5.73 Å². The molecule has 0 aromatic carbocycles. The van der Waals surface area contributed by atoms with Gasteiger partial charge in [-0.05, 0) is 96.3 Å². The molecule has 0 radical (unpaired) electrons. The molecule has 466 valence electrons. The summed E-state index contributed by atoms with van der Waals surface area (Å²) in [6.45, 7) is 3.57. The molecule has 0 amide bonds. The van der Waals surface area contributed by atoms with Gasteiger partial charge in [-0.2, -0.15) is 0 Å². The van der Waals surface area contributed by atoms with Crippen molar-refractivity contribution >= 4 is 19.8 Å². The normalized spacial score (nSPS) is 13.7. The Bertz CT molecular complexity index is 1690. The van der Waals surface area contributed by atoms with E-state index in [2.05, 4.69) is 117 Å². The quantitative estimate of drug-likeness (QED) is 0.0264. The van der Waals surface area contributed by atoms with Crippen LogP contribution in [0.2, 0.25) is 0 Å². The average molecular weight is 1150 g/mol. The number of hydrogen-bond acceptors (Lipinski definition) is 8. The molecule has 0 bridgehead atoms. The second-order valence-corrected chi connectivity index (χ2v) is 23.4. The molecular weight excluding hydrogens is 1030 g/mol. The van der Waals surface area contributed by atoms with Gasteiger partial charge in [-0.1, -0.05) is 297 Å². The van der Waals surface area contributed by atoms with E-state index >= 15 is 0 Å². The Kier molecular flexibility index (Phi) is 63.1. The van der Waals surface area contributed by atoms with E-state index in [4.69, 9.17) is 24.3 Å². The zero-order valence-electron chi connectivity index (χ0n) is 52.2. The number of phosphoric acid groups is 1. The van der Waals surface area contributed by atoms with Gasteiger partial charge in [0.05, 0.1) is 13.2 Å². The third-order valence-corrected chi connectivity index (χ3v) is 15.1. The largest absolute Gasteiger partial charge is 0.472 e. The van der Waals surface area contributed by atoms with Gasteiger partial charge in [0.25, 0.3) is 0 Å². The lowest BCUT2D eigenvalue weighted by Gasteiger charge is -2.19. The van der Waals surface area contributed by atoms with Crippen LogP contribution >= 0.6 is 7.82 Å². The second-order valence-electron chi connectivity index (χ2n) is 22.0. The van der Waals surface area contributed by atoms with Crippen LogP contribution in [0.4, 0.5) is 0 Å². The smallest absolute Gasteiger partial charge is 0.462 e. The number of nitrogens with two attached hydrogens (primary N) is 1. The van der Waals surface area contributed by atoms with Crippen molar-refractivity contribution in [2.45, 2.75) is 302 Å². The molecule has 0 fully saturated rings. The molecule has 0 aliphatic carbocycles. The molecule has 10 heteroatoms. The summed E-state index contributed by atoms with van der Waals surface area (Å²) in [6.07, 6.45) is 90.6. The van der Waals surface area contributed by atoms with Crippen molar-refractivity contribution in [1.82, 2.24) is 0 Å². The Morgan fingerprint density at radius 3 is 1.05 bits per heavy atom. The Hall–Kier alpha value is -3.33. The van der Waals surface area contributed by atoms with Gasteiger partial charge in [0.1, 0.15) is 6.61 Å². The van der Waals surface area contributed by atoms with Crippen LogP contribution < -0.4 is 5.73 Å². The fourth-order valence-electron chi connectivity index (χ4n) is 9.25. The summed E-state index contributed by atoms with van der Waals surface area (Å²) in [6, 6.07) is 0. The average Bonchev–Trinajstić information content (AvgIpc) is 3.46. The molecule has 0 aromatic rings. The molecule has 0 aliphatic rings. The summed E-state index contributed by atoms with van der Waals surface area (Å²) >= 11 is 0. The Balaban J connectivity index is 3.90. The van der Waals surface area contributed by atoms with Crippen LogP contribution in [-0.2, 0) is 32.7 Å². The highest BCUT2D eigenvalue weighted by Gasteiger charge is 2.26. The number of phosphoric ester groups is 1. The molecule has 0 saturated carbocycles. The molecule has 0 aromatic heterocycles. The SMILES string of the molecule is CC/C=C\C/C=C\C/C=C\C/C=C\C/C=C\C/C=C\C/C=C\CCCC(=O)OC(COC(=O)CCCCCCCCCCCCCCCCCCCCCCCCCCC/C=C\C/C=C\CCCCCCC)COP(=O)(O)OCCN. The van der Waals surface area contributed by atoms with Crippen LogP contribution in [0.3, 0.4) is 0 Å². The Morgan fingerprint density at radius 1 is 0.383 bits per heavy atom. The van der Waals surface area contributed by atoms with Gasteiger partial charge in [-0.25, -0.2) is 4.57 Å². The van der Waals surface area contributed by atoms with Gasteiger partial charge in [-0.15, -0.1) is 0 Å². The number of carbonyl (C=O) groups is 2. The van der Waals surface area contributed by atoms with Crippen LogP contribution in [0.5, 0.6) is 0 Å². The van der Waals surface area contributed by atoms with E-state index in [9.17, 15) is 19.0 Å². The number of ether oxygens (including phenoxy) is 2. The molecule has 0 spiro atoms. The van der Waals surface area contributed by atoms with Gasteiger partial charge in [0.15, 0.2) is 6.10 Å². The van der Waals surface area contributed by atoms with Crippen LogP contribution in [0.15, 0.2) is 109 Å².